The van der Waals surface area contributed by atoms with Gasteiger partial charge in [-0.2, -0.15) is 0 Å². The lowest BCUT2D eigenvalue weighted by Gasteiger charge is -2.23. The van der Waals surface area contributed by atoms with E-state index < -0.39 is 5.79 Å². The third-order valence-corrected chi connectivity index (χ3v) is 1.98. The lowest BCUT2D eigenvalue weighted by molar-refractivity contribution is -0.141. The van der Waals surface area contributed by atoms with Gasteiger partial charge in [-0.05, 0) is 12.8 Å². The van der Waals surface area contributed by atoms with Crippen LogP contribution in [0.15, 0.2) is 24.7 Å². The number of allylic oxidation sites excluding steroid dienone is 1. The summed E-state index contributed by atoms with van der Waals surface area (Å²) >= 11 is 0. The highest BCUT2D eigenvalue weighted by atomic mass is 16.7. The molecular formula is C10H16O3. The van der Waals surface area contributed by atoms with Gasteiger partial charge >= 0.3 is 0 Å². The average molecular weight is 184 g/mol. The van der Waals surface area contributed by atoms with Gasteiger partial charge in [0.05, 0.1) is 0 Å². The molecule has 0 saturated carbocycles. The Labute approximate surface area is 78.7 Å². The molecule has 0 amide bonds. The van der Waals surface area contributed by atoms with Crippen molar-refractivity contribution in [2.75, 3.05) is 6.61 Å². The molecular weight excluding hydrogens is 168 g/mol. The Morgan fingerprint density at radius 2 is 2.46 bits per heavy atom. The maximum atomic E-state index is 8.78. The maximum Gasteiger partial charge on any atom is 0.247 e. The standard InChI is InChI=1S/C10H16O3/c1-3-4-5-6-10(2)12-8-9(7-11)13-10/h3,8,11H,1,4-7H2,2H3. The SMILES string of the molecule is C=CCCCC1(C)OC=C(CO)O1. The lowest BCUT2D eigenvalue weighted by Crippen LogP contribution is -2.26. The second-order valence-electron chi connectivity index (χ2n) is 3.28. The molecule has 1 N–H and O–H groups in total. The number of ether oxygens (including phenoxy) is 2. The largest absolute Gasteiger partial charge is 0.457 e. The van der Waals surface area contributed by atoms with E-state index in [9.17, 15) is 0 Å². The van der Waals surface area contributed by atoms with Crippen LogP contribution in [0.3, 0.4) is 0 Å². The van der Waals surface area contributed by atoms with Crippen LogP contribution in [-0.2, 0) is 9.47 Å². The highest BCUT2D eigenvalue weighted by Crippen LogP contribution is 2.29. The van der Waals surface area contributed by atoms with Crippen LogP contribution >= 0.6 is 0 Å². The van der Waals surface area contributed by atoms with E-state index in [1.54, 1.807) is 0 Å². The summed E-state index contributed by atoms with van der Waals surface area (Å²) in [5.41, 5.74) is 0. The third-order valence-electron chi connectivity index (χ3n) is 1.98. The first-order valence-electron chi connectivity index (χ1n) is 4.48. The number of aliphatic hydroxyl groups is 1. The van der Waals surface area contributed by atoms with Crippen LogP contribution in [-0.4, -0.2) is 17.5 Å². The molecule has 0 aromatic carbocycles. The minimum absolute atomic E-state index is 0.100. The number of hydrogen-bond acceptors (Lipinski definition) is 3. The molecule has 1 heterocycles. The highest BCUT2D eigenvalue weighted by Gasteiger charge is 2.32. The summed E-state index contributed by atoms with van der Waals surface area (Å²) in [6.45, 7) is 5.41. The van der Waals surface area contributed by atoms with Crippen LogP contribution < -0.4 is 0 Å². The van der Waals surface area contributed by atoms with Crippen molar-refractivity contribution in [3.8, 4) is 0 Å². The zero-order valence-electron chi connectivity index (χ0n) is 7.95. The van der Waals surface area contributed by atoms with Crippen molar-refractivity contribution in [1.29, 1.82) is 0 Å². The summed E-state index contributed by atoms with van der Waals surface area (Å²) in [6.07, 6.45) is 6.09. The Kier molecular flexibility index (Phi) is 3.37. The zero-order valence-corrected chi connectivity index (χ0v) is 7.95. The summed E-state index contributed by atoms with van der Waals surface area (Å²) in [4.78, 5) is 0. The lowest BCUT2D eigenvalue weighted by atomic mass is 10.1. The van der Waals surface area contributed by atoms with Crippen molar-refractivity contribution in [1.82, 2.24) is 0 Å². The molecule has 1 rings (SSSR count). The van der Waals surface area contributed by atoms with Gasteiger partial charge in [0.25, 0.3) is 0 Å². The van der Waals surface area contributed by atoms with Gasteiger partial charge in [0.15, 0.2) is 5.76 Å². The van der Waals surface area contributed by atoms with Gasteiger partial charge in [0, 0.05) is 13.3 Å². The van der Waals surface area contributed by atoms with Gasteiger partial charge in [0.1, 0.15) is 12.9 Å². The first-order chi connectivity index (χ1) is 6.20. The fourth-order valence-corrected chi connectivity index (χ4v) is 1.26. The second kappa shape index (κ2) is 4.33. The molecule has 1 unspecified atom stereocenters. The molecule has 13 heavy (non-hydrogen) atoms. The number of unbranched alkanes of at least 4 members (excludes halogenated alkanes) is 1. The van der Waals surface area contributed by atoms with Crippen LogP contribution in [0.5, 0.6) is 0 Å². The van der Waals surface area contributed by atoms with E-state index in [1.807, 2.05) is 13.0 Å². The van der Waals surface area contributed by atoms with Crippen molar-refractivity contribution in [2.24, 2.45) is 0 Å². The van der Waals surface area contributed by atoms with E-state index in [4.69, 9.17) is 14.6 Å². The number of rotatable bonds is 5. The predicted octanol–water partition coefficient (Wildman–Crippen LogP) is 1.94. The van der Waals surface area contributed by atoms with Crippen molar-refractivity contribution < 1.29 is 14.6 Å². The van der Waals surface area contributed by atoms with Gasteiger partial charge in [-0.25, -0.2) is 0 Å². The average Bonchev–Trinajstić information content (AvgIpc) is 2.49. The fraction of sp³-hybridized carbons (Fsp3) is 0.600. The van der Waals surface area contributed by atoms with Crippen LogP contribution in [0.25, 0.3) is 0 Å². The Bertz CT molecular complexity index is 210. The molecule has 1 atom stereocenters. The quantitative estimate of drug-likeness (QED) is 0.524. The second-order valence-corrected chi connectivity index (χ2v) is 3.28. The maximum absolute atomic E-state index is 8.78. The fourth-order valence-electron chi connectivity index (χ4n) is 1.26. The van der Waals surface area contributed by atoms with Crippen LogP contribution in [0.2, 0.25) is 0 Å². The van der Waals surface area contributed by atoms with E-state index in [0.717, 1.165) is 19.3 Å². The van der Waals surface area contributed by atoms with E-state index in [2.05, 4.69) is 6.58 Å². The van der Waals surface area contributed by atoms with Crippen LogP contribution in [0.4, 0.5) is 0 Å². The predicted molar refractivity (Wildman–Crippen MR) is 49.8 cm³/mol. The number of hydrogen-bond donors (Lipinski definition) is 1. The Morgan fingerprint density at radius 3 is 3.00 bits per heavy atom. The molecule has 0 aromatic heterocycles. The van der Waals surface area contributed by atoms with Gasteiger partial charge in [-0.15, -0.1) is 6.58 Å². The summed E-state index contributed by atoms with van der Waals surface area (Å²) in [6, 6.07) is 0. The highest BCUT2D eigenvalue weighted by molar-refractivity contribution is 4.96. The molecule has 3 nitrogen and oxygen atoms in total. The number of aliphatic hydroxyl groups excluding tert-OH is 1. The smallest absolute Gasteiger partial charge is 0.247 e. The summed E-state index contributed by atoms with van der Waals surface area (Å²) in [5, 5.41) is 8.78. The van der Waals surface area contributed by atoms with Gasteiger partial charge in [0.2, 0.25) is 5.79 Å². The van der Waals surface area contributed by atoms with Gasteiger partial charge in [-0.1, -0.05) is 6.08 Å². The Balaban J connectivity index is 2.30. The normalized spacial score (nSPS) is 26.2. The molecule has 0 spiro atoms. The van der Waals surface area contributed by atoms with E-state index in [-0.39, 0.29) is 6.61 Å². The monoisotopic (exact) mass is 184 g/mol. The van der Waals surface area contributed by atoms with Gasteiger partial charge < -0.3 is 14.6 Å². The molecule has 0 aliphatic carbocycles. The summed E-state index contributed by atoms with van der Waals surface area (Å²) < 4.78 is 10.7. The Hall–Kier alpha value is -0.960. The van der Waals surface area contributed by atoms with Crippen LogP contribution in [0.1, 0.15) is 26.2 Å². The first kappa shape index (κ1) is 10.1. The topological polar surface area (TPSA) is 38.7 Å². The molecule has 0 fully saturated rings. The minimum atomic E-state index is -0.582. The summed E-state index contributed by atoms with van der Waals surface area (Å²) in [7, 11) is 0. The van der Waals surface area contributed by atoms with Crippen molar-refractivity contribution >= 4 is 0 Å². The Morgan fingerprint density at radius 1 is 1.69 bits per heavy atom. The minimum Gasteiger partial charge on any atom is -0.457 e. The van der Waals surface area contributed by atoms with E-state index >= 15 is 0 Å². The molecule has 0 bridgehead atoms. The molecule has 74 valence electrons. The van der Waals surface area contributed by atoms with Crippen molar-refractivity contribution in [3.63, 3.8) is 0 Å². The molecule has 0 aromatic rings. The zero-order chi connectivity index (χ0) is 9.73. The molecule has 3 heteroatoms. The van der Waals surface area contributed by atoms with Crippen molar-refractivity contribution in [3.05, 3.63) is 24.7 Å². The molecule has 1 aliphatic rings. The van der Waals surface area contributed by atoms with Gasteiger partial charge in [-0.3, -0.25) is 0 Å². The van der Waals surface area contributed by atoms with Crippen molar-refractivity contribution in [2.45, 2.75) is 32.0 Å². The van der Waals surface area contributed by atoms with E-state index in [1.165, 1.54) is 6.26 Å². The molecule has 0 saturated heterocycles. The van der Waals surface area contributed by atoms with Crippen LogP contribution in [0, 0.1) is 0 Å². The third kappa shape index (κ3) is 2.77. The molecule has 1 aliphatic heterocycles. The molecule has 0 radical (unpaired) electrons. The summed E-state index contributed by atoms with van der Waals surface area (Å²) in [5.74, 6) is -0.0812. The first-order valence-corrected chi connectivity index (χ1v) is 4.48. The van der Waals surface area contributed by atoms with E-state index in [0.29, 0.717) is 5.76 Å².